The van der Waals surface area contributed by atoms with Crippen LogP contribution in [0.5, 0.6) is 0 Å². The molecule has 1 atom stereocenters. The Bertz CT molecular complexity index is 649. The van der Waals surface area contributed by atoms with E-state index in [9.17, 15) is 14.3 Å². The summed E-state index contributed by atoms with van der Waals surface area (Å²) in [5, 5.41) is 12.8. The number of nitrogens with zero attached hydrogens (tertiary/aromatic N) is 1. The van der Waals surface area contributed by atoms with Crippen LogP contribution in [0.1, 0.15) is 24.5 Å². The van der Waals surface area contributed by atoms with E-state index < -0.39 is 6.10 Å². The first-order valence-electron chi connectivity index (χ1n) is 8.03. The van der Waals surface area contributed by atoms with Crippen LogP contribution in [0.15, 0.2) is 54.6 Å². The number of hydrogen-bond donors (Lipinski definition) is 2. The van der Waals surface area contributed by atoms with Crippen LogP contribution < -0.4 is 10.2 Å². The molecule has 0 bridgehead atoms. The van der Waals surface area contributed by atoms with Crippen molar-refractivity contribution in [2.75, 3.05) is 25.0 Å². The van der Waals surface area contributed by atoms with E-state index >= 15 is 0 Å². The van der Waals surface area contributed by atoms with Crippen molar-refractivity contribution in [1.82, 2.24) is 5.32 Å². The highest BCUT2D eigenvalue weighted by atomic mass is 19.1. The number of carbonyl (C=O) groups excluding carboxylic acids is 1. The molecule has 0 aliphatic heterocycles. The summed E-state index contributed by atoms with van der Waals surface area (Å²) < 4.78 is 13.6. The fourth-order valence-corrected chi connectivity index (χ4v) is 2.47. The summed E-state index contributed by atoms with van der Waals surface area (Å²) in [7, 11) is 1.82. The number of aliphatic hydroxyl groups is 1. The van der Waals surface area contributed by atoms with E-state index in [2.05, 4.69) is 5.32 Å². The zero-order valence-electron chi connectivity index (χ0n) is 13.8. The molecule has 0 aliphatic carbocycles. The van der Waals surface area contributed by atoms with Crippen LogP contribution >= 0.6 is 0 Å². The third-order valence-corrected chi connectivity index (χ3v) is 3.82. The highest BCUT2D eigenvalue weighted by Gasteiger charge is 2.12. The van der Waals surface area contributed by atoms with Crippen molar-refractivity contribution in [2.45, 2.75) is 18.9 Å². The molecule has 0 spiro atoms. The molecule has 0 heterocycles. The Morgan fingerprint density at radius 1 is 1.17 bits per heavy atom. The van der Waals surface area contributed by atoms with Gasteiger partial charge in [0, 0.05) is 20.1 Å². The first-order valence-corrected chi connectivity index (χ1v) is 8.03. The van der Waals surface area contributed by atoms with Crippen LogP contribution in [0.4, 0.5) is 10.1 Å². The normalized spacial score (nSPS) is 11.8. The zero-order chi connectivity index (χ0) is 17.4. The molecule has 2 N–H and O–H groups in total. The van der Waals surface area contributed by atoms with Gasteiger partial charge in [-0.15, -0.1) is 0 Å². The van der Waals surface area contributed by atoms with Gasteiger partial charge in [0.1, 0.15) is 5.82 Å². The molecule has 128 valence electrons. The Hall–Kier alpha value is -2.40. The minimum Gasteiger partial charge on any atom is -0.388 e. The molecule has 24 heavy (non-hydrogen) atoms. The molecule has 4 nitrogen and oxygen atoms in total. The Labute approximate surface area is 141 Å². The van der Waals surface area contributed by atoms with E-state index in [0.717, 1.165) is 5.56 Å². The van der Waals surface area contributed by atoms with Gasteiger partial charge in [0.05, 0.1) is 18.2 Å². The Morgan fingerprint density at radius 3 is 2.54 bits per heavy atom. The molecule has 0 aromatic heterocycles. The summed E-state index contributed by atoms with van der Waals surface area (Å²) in [5.41, 5.74) is 1.27. The minimum atomic E-state index is -0.799. The van der Waals surface area contributed by atoms with E-state index in [1.54, 1.807) is 30.3 Å². The maximum Gasteiger partial charge on any atom is 0.222 e. The molecule has 0 radical (unpaired) electrons. The van der Waals surface area contributed by atoms with Crippen molar-refractivity contribution in [1.29, 1.82) is 0 Å². The third-order valence-electron chi connectivity index (χ3n) is 3.82. The summed E-state index contributed by atoms with van der Waals surface area (Å²) in [6.07, 6.45) is -0.0715. The van der Waals surface area contributed by atoms with Crippen LogP contribution in [0.25, 0.3) is 0 Å². The van der Waals surface area contributed by atoms with Crippen molar-refractivity contribution in [3.8, 4) is 0 Å². The molecule has 2 aromatic rings. The van der Waals surface area contributed by atoms with Gasteiger partial charge in [-0.25, -0.2) is 4.39 Å². The van der Waals surface area contributed by atoms with E-state index in [-0.39, 0.29) is 18.1 Å². The number of nitrogens with one attached hydrogen (secondary N) is 1. The summed E-state index contributed by atoms with van der Waals surface area (Å²) >= 11 is 0. The van der Waals surface area contributed by atoms with Crippen molar-refractivity contribution < 1.29 is 14.3 Å². The zero-order valence-corrected chi connectivity index (χ0v) is 13.8. The Kier molecular flexibility index (Phi) is 6.75. The second-order valence-corrected chi connectivity index (χ2v) is 5.71. The highest BCUT2D eigenvalue weighted by molar-refractivity contribution is 5.76. The predicted octanol–water partition coefficient (Wildman–Crippen LogP) is 2.89. The number of hydrogen-bond acceptors (Lipinski definition) is 3. The van der Waals surface area contributed by atoms with Gasteiger partial charge >= 0.3 is 0 Å². The molecular formula is C19H23FN2O2. The third kappa shape index (κ3) is 5.35. The quantitative estimate of drug-likeness (QED) is 0.732. The van der Waals surface area contributed by atoms with Gasteiger partial charge < -0.3 is 15.3 Å². The lowest BCUT2D eigenvalue weighted by molar-refractivity contribution is -0.123. The number of aliphatic hydroxyl groups excluding tert-OH is 1. The van der Waals surface area contributed by atoms with Gasteiger partial charge in [-0.05, 0) is 24.1 Å². The minimum absolute atomic E-state index is 0.0349. The Morgan fingerprint density at radius 2 is 1.83 bits per heavy atom. The number of anilines is 1. The summed E-state index contributed by atoms with van der Waals surface area (Å²) in [5.74, 6) is -0.449. The number of benzene rings is 2. The second-order valence-electron chi connectivity index (χ2n) is 5.71. The first kappa shape index (κ1) is 17.9. The molecule has 1 amide bonds. The lowest BCUT2D eigenvalue weighted by Gasteiger charge is -2.20. The van der Waals surface area contributed by atoms with Crippen LogP contribution in [-0.4, -0.2) is 31.2 Å². The van der Waals surface area contributed by atoms with E-state index in [1.807, 2.05) is 30.1 Å². The number of para-hydroxylation sites is 1. The van der Waals surface area contributed by atoms with Crippen LogP contribution in [0, 0.1) is 5.82 Å². The summed E-state index contributed by atoms with van der Waals surface area (Å²) in [6.45, 7) is 1.11. The molecule has 0 fully saturated rings. The lowest BCUT2D eigenvalue weighted by atomic mass is 10.1. The fourth-order valence-electron chi connectivity index (χ4n) is 2.47. The average molecular weight is 330 g/mol. The largest absolute Gasteiger partial charge is 0.388 e. The topological polar surface area (TPSA) is 52.6 Å². The van der Waals surface area contributed by atoms with Crippen molar-refractivity contribution >= 4 is 11.6 Å². The first-order chi connectivity index (χ1) is 11.6. The van der Waals surface area contributed by atoms with Crippen LogP contribution in [0.3, 0.4) is 0 Å². The van der Waals surface area contributed by atoms with Crippen molar-refractivity contribution in [3.63, 3.8) is 0 Å². The SMILES string of the molecule is CN(CCCNC(=O)CC(O)c1ccccc1)c1ccccc1F. The predicted molar refractivity (Wildman–Crippen MR) is 93.3 cm³/mol. The van der Waals surface area contributed by atoms with Gasteiger partial charge in [-0.3, -0.25) is 4.79 Å². The van der Waals surface area contributed by atoms with E-state index in [4.69, 9.17) is 0 Å². The molecule has 2 aromatic carbocycles. The van der Waals surface area contributed by atoms with Crippen molar-refractivity contribution in [3.05, 3.63) is 66.0 Å². The van der Waals surface area contributed by atoms with Crippen molar-refractivity contribution in [2.24, 2.45) is 0 Å². The number of carbonyl (C=O) groups is 1. The molecule has 2 rings (SSSR count). The highest BCUT2D eigenvalue weighted by Crippen LogP contribution is 2.17. The molecule has 1 unspecified atom stereocenters. The monoisotopic (exact) mass is 330 g/mol. The molecule has 0 saturated carbocycles. The van der Waals surface area contributed by atoms with Gasteiger partial charge in [0.2, 0.25) is 5.91 Å². The lowest BCUT2D eigenvalue weighted by Crippen LogP contribution is -2.29. The van der Waals surface area contributed by atoms with Crippen LogP contribution in [-0.2, 0) is 4.79 Å². The summed E-state index contributed by atoms with van der Waals surface area (Å²) in [6, 6.07) is 15.7. The van der Waals surface area contributed by atoms with E-state index in [1.165, 1.54) is 6.07 Å². The fraction of sp³-hybridized carbons (Fsp3) is 0.316. The molecule has 0 saturated heterocycles. The number of amides is 1. The maximum absolute atomic E-state index is 13.6. The Balaban J connectivity index is 1.68. The molecule has 0 aliphatic rings. The smallest absolute Gasteiger partial charge is 0.222 e. The van der Waals surface area contributed by atoms with Gasteiger partial charge in [0.25, 0.3) is 0 Å². The number of halogens is 1. The standard InChI is InChI=1S/C19H23FN2O2/c1-22(17-11-6-5-10-16(17)20)13-7-12-21-19(24)14-18(23)15-8-3-2-4-9-15/h2-6,8-11,18,23H,7,12-14H2,1H3,(H,21,24). The number of rotatable bonds is 8. The second kappa shape index (κ2) is 9.03. The summed E-state index contributed by atoms with van der Waals surface area (Å²) in [4.78, 5) is 13.7. The van der Waals surface area contributed by atoms with Gasteiger partial charge in [0.15, 0.2) is 0 Å². The van der Waals surface area contributed by atoms with Gasteiger partial charge in [-0.1, -0.05) is 42.5 Å². The van der Waals surface area contributed by atoms with Gasteiger partial charge in [-0.2, -0.15) is 0 Å². The maximum atomic E-state index is 13.6. The van der Waals surface area contributed by atoms with E-state index in [0.29, 0.717) is 25.2 Å². The molecular weight excluding hydrogens is 307 g/mol. The molecule has 5 heteroatoms. The average Bonchev–Trinajstić information content (AvgIpc) is 2.59. The van der Waals surface area contributed by atoms with Crippen LogP contribution in [0.2, 0.25) is 0 Å².